The maximum atomic E-state index is 14.5. The Balaban J connectivity index is 1.80. The molecule has 0 heterocycles. The van der Waals surface area contributed by atoms with E-state index in [1.54, 1.807) is 19.1 Å². The number of rotatable bonds is 9. The van der Waals surface area contributed by atoms with Gasteiger partial charge in [0.1, 0.15) is 30.0 Å². The molecule has 2 fully saturated rings. The SMILES string of the molecule is CCCCCC(=O)OCC1=C[C@@H]2C(=O)[C@]3(C=C(C)[C@H](O)[C@@]3(O)[C@@H]1O)[C@H](C)C[C@]1(OC(=O)CCC)[C@H]2C1(C)C. The Morgan fingerprint density at radius 2 is 1.74 bits per heavy atom. The van der Waals surface area contributed by atoms with E-state index >= 15 is 0 Å². The summed E-state index contributed by atoms with van der Waals surface area (Å²) in [5.74, 6) is -2.82. The van der Waals surface area contributed by atoms with Crippen molar-refractivity contribution in [2.45, 2.75) is 110 Å². The molecule has 0 saturated heterocycles. The maximum Gasteiger partial charge on any atom is 0.306 e. The number of fused-ring (bicyclic) bond motifs is 3. The summed E-state index contributed by atoms with van der Waals surface area (Å²) in [7, 11) is 0. The number of allylic oxidation sites excluding steroid dienone is 1. The van der Waals surface area contributed by atoms with Crippen molar-refractivity contribution in [3.63, 3.8) is 0 Å². The molecule has 0 aromatic rings. The topological polar surface area (TPSA) is 130 Å². The number of ether oxygens (including phenoxy) is 2. The largest absolute Gasteiger partial charge is 0.461 e. The van der Waals surface area contributed by atoms with E-state index < -0.39 is 52.0 Å². The summed E-state index contributed by atoms with van der Waals surface area (Å²) in [5, 5.41) is 35.1. The third-order valence-electron chi connectivity index (χ3n) is 10.0. The fourth-order valence-corrected chi connectivity index (χ4v) is 7.93. The Bertz CT molecular complexity index is 1060. The van der Waals surface area contributed by atoms with Crippen LogP contribution in [0.4, 0.5) is 0 Å². The fraction of sp³-hybridized carbons (Fsp3) is 0.767. The predicted octanol–water partition coefficient (Wildman–Crippen LogP) is 3.41. The molecule has 0 radical (unpaired) electrons. The van der Waals surface area contributed by atoms with Gasteiger partial charge in [0.2, 0.25) is 0 Å². The van der Waals surface area contributed by atoms with E-state index in [1.165, 1.54) is 0 Å². The number of aliphatic hydroxyl groups is 3. The molecule has 8 atom stereocenters. The molecule has 212 valence electrons. The number of unbranched alkanes of at least 4 members (excludes halogenated alkanes) is 2. The number of ketones is 1. The highest BCUT2D eigenvalue weighted by molar-refractivity contribution is 5.96. The summed E-state index contributed by atoms with van der Waals surface area (Å²) >= 11 is 0. The zero-order chi connectivity index (χ0) is 28.3. The number of hydrogen-bond donors (Lipinski definition) is 3. The van der Waals surface area contributed by atoms with Crippen LogP contribution in [-0.4, -0.2) is 63.1 Å². The second-order valence-electron chi connectivity index (χ2n) is 12.6. The van der Waals surface area contributed by atoms with Gasteiger partial charge < -0.3 is 24.8 Å². The lowest BCUT2D eigenvalue weighted by Crippen LogP contribution is -2.65. The minimum Gasteiger partial charge on any atom is -0.461 e. The summed E-state index contributed by atoms with van der Waals surface area (Å²) in [6, 6.07) is 0. The Morgan fingerprint density at radius 1 is 1.05 bits per heavy atom. The Hall–Kier alpha value is -2.03. The van der Waals surface area contributed by atoms with Gasteiger partial charge >= 0.3 is 11.9 Å². The Labute approximate surface area is 225 Å². The van der Waals surface area contributed by atoms with Crippen LogP contribution in [0.15, 0.2) is 23.3 Å². The van der Waals surface area contributed by atoms with Gasteiger partial charge in [-0.05, 0) is 43.3 Å². The van der Waals surface area contributed by atoms with E-state index in [2.05, 4.69) is 0 Å². The standard InChI is InChI=1S/C30H44O8/c1-7-9-10-12-21(31)37-16-19-13-20-23-27(5,6)29(23,38-22(32)11-8-2)15-18(4)28(26(20)35)14-17(3)24(33)30(28,36)25(19)34/h13-14,18,20,23-25,33-34,36H,7-12,15-16H2,1-6H3/t18-,20+,23-,24+,25-,28+,29+,30-/m1/s1. The molecule has 4 aliphatic rings. The molecule has 2 saturated carbocycles. The number of aliphatic hydroxyl groups excluding tert-OH is 2. The number of carbonyl (C=O) groups excluding carboxylic acids is 3. The molecular formula is C30H44O8. The van der Waals surface area contributed by atoms with E-state index in [4.69, 9.17) is 9.47 Å². The van der Waals surface area contributed by atoms with Gasteiger partial charge in [-0.3, -0.25) is 14.4 Å². The molecule has 38 heavy (non-hydrogen) atoms. The van der Waals surface area contributed by atoms with Crippen molar-refractivity contribution in [1.82, 2.24) is 0 Å². The van der Waals surface area contributed by atoms with Crippen molar-refractivity contribution >= 4 is 17.7 Å². The molecule has 4 aliphatic carbocycles. The van der Waals surface area contributed by atoms with Gasteiger partial charge in [0.25, 0.3) is 0 Å². The highest BCUT2D eigenvalue weighted by Crippen LogP contribution is 2.75. The van der Waals surface area contributed by atoms with Crippen molar-refractivity contribution in [1.29, 1.82) is 0 Å². The van der Waals surface area contributed by atoms with E-state index in [1.807, 2.05) is 34.6 Å². The quantitative estimate of drug-likeness (QED) is 0.234. The van der Waals surface area contributed by atoms with Crippen LogP contribution < -0.4 is 0 Å². The van der Waals surface area contributed by atoms with Crippen LogP contribution in [0.5, 0.6) is 0 Å². The van der Waals surface area contributed by atoms with Crippen molar-refractivity contribution < 1.29 is 39.2 Å². The van der Waals surface area contributed by atoms with Gasteiger partial charge in [-0.15, -0.1) is 0 Å². The van der Waals surface area contributed by atoms with Gasteiger partial charge in [-0.1, -0.05) is 59.6 Å². The lowest BCUT2D eigenvalue weighted by molar-refractivity contribution is -0.192. The van der Waals surface area contributed by atoms with E-state index in [0.717, 1.165) is 12.8 Å². The van der Waals surface area contributed by atoms with Crippen LogP contribution in [0, 0.1) is 28.6 Å². The van der Waals surface area contributed by atoms with Crippen LogP contribution in [-0.2, 0) is 23.9 Å². The first-order valence-electron chi connectivity index (χ1n) is 14.2. The van der Waals surface area contributed by atoms with Crippen LogP contribution in [0.25, 0.3) is 0 Å². The molecule has 0 unspecified atom stereocenters. The number of Topliss-reactive ketones (excluding diaryl/α,β-unsaturated/α-hetero) is 1. The highest BCUT2D eigenvalue weighted by atomic mass is 16.6. The average molecular weight is 533 g/mol. The Kier molecular flexibility index (Phi) is 7.52. The molecular weight excluding hydrogens is 488 g/mol. The van der Waals surface area contributed by atoms with Gasteiger partial charge in [0, 0.05) is 30.1 Å². The van der Waals surface area contributed by atoms with Crippen LogP contribution >= 0.6 is 0 Å². The third kappa shape index (κ3) is 3.85. The van der Waals surface area contributed by atoms with Crippen LogP contribution in [0.3, 0.4) is 0 Å². The average Bonchev–Trinajstić information content (AvgIpc) is 3.26. The predicted molar refractivity (Wildman–Crippen MR) is 140 cm³/mol. The van der Waals surface area contributed by atoms with Gasteiger partial charge in [-0.2, -0.15) is 0 Å². The first-order valence-corrected chi connectivity index (χ1v) is 14.2. The maximum absolute atomic E-state index is 14.5. The number of hydrogen-bond acceptors (Lipinski definition) is 8. The molecule has 8 heteroatoms. The first-order chi connectivity index (χ1) is 17.8. The minimum absolute atomic E-state index is 0.185. The summed E-state index contributed by atoms with van der Waals surface area (Å²) in [5.41, 5.74) is -4.73. The molecule has 3 N–H and O–H groups in total. The molecule has 0 amide bonds. The molecule has 8 nitrogen and oxygen atoms in total. The van der Waals surface area contributed by atoms with Gasteiger partial charge in [0.05, 0.1) is 5.41 Å². The normalized spacial score (nSPS) is 40.7. The van der Waals surface area contributed by atoms with Crippen LogP contribution in [0.1, 0.15) is 86.5 Å². The fourth-order valence-electron chi connectivity index (χ4n) is 7.93. The third-order valence-corrected chi connectivity index (χ3v) is 10.0. The van der Waals surface area contributed by atoms with Crippen molar-refractivity contribution in [3.8, 4) is 0 Å². The summed E-state index contributed by atoms with van der Waals surface area (Å²) in [6.45, 7) is 11.1. The lowest BCUT2D eigenvalue weighted by atomic mass is 9.59. The summed E-state index contributed by atoms with van der Waals surface area (Å²) in [4.78, 5) is 39.7. The number of carbonyl (C=O) groups is 3. The highest BCUT2D eigenvalue weighted by Gasteiger charge is 2.83. The van der Waals surface area contributed by atoms with Crippen molar-refractivity contribution in [3.05, 3.63) is 23.3 Å². The lowest BCUT2D eigenvalue weighted by Gasteiger charge is -2.48. The van der Waals surface area contributed by atoms with Crippen molar-refractivity contribution in [2.75, 3.05) is 6.61 Å². The summed E-state index contributed by atoms with van der Waals surface area (Å²) in [6.07, 6.45) is 4.08. The molecule has 0 aliphatic heterocycles. The van der Waals surface area contributed by atoms with Crippen molar-refractivity contribution in [2.24, 2.45) is 28.6 Å². The zero-order valence-electron chi connectivity index (χ0n) is 23.6. The van der Waals surface area contributed by atoms with E-state index in [9.17, 15) is 29.7 Å². The number of esters is 2. The molecule has 2 bridgehead atoms. The molecule has 0 aromatic carbocycles. The second-order valence-corrected chi connectivity index (χ2v) is 12.6. The van der Waals surface area contributed by atoms with Gasteiger partial charge in [0.15, 0.2) is 5.78 Å². The van der Waals surface area contributed by atoms with E-state index in [0.29, 0.717) is 24.8 Å². The first kappa shape index (κ1) is 29.0. The minimum atomic E-state index is -2.25. The van der Waals surface area contributed by atoms with Gasteiger partial charge in [-0.25, -0.2) is 0 Å². The Morgan fingerprint density at radius 3 is 2.37 bits per heavy atom. The van der Waals surface area contributed by atoms with Crippen LogP contribution in [0.2, 0.25) is 0 Å². The summed E-state index contributed by atoms with van der Waals surface area (Å²) < 4.78 is 11.7. The molecule has 4 rings (SSSR count). The zero-order valence-corrected chi connectivity index (χ0v) is 23.6. The molecule has 0 aromatic heterocycles. The smallest absolute Gasteiger partial charge is 0.306 e. The monoisotopic (exact) mass is 532 g/mol. The second kappa shape index (κ2) is 9.86. The molecule has 1 spiro atoms. The van der Waals surface area contributed by atoms with E-state index in [-0.39, 0.29) is 42.7 Å².